The van der Waals surface area contributed by atoms with Crippen LogP contribution in [0.3, 0.4) is 0 Å². The number of aromatic nitrogens is 2. The summed E-state index contributed by atoms with van der Waals surface area (Å²) in [4.78, 5) is 21.2. The zero-order chi connectivity index (χ0) is 19.4. The first-order chi connectivity index (χ1) is 12.9. The van der Waals surface area contributed by atoms with E-state index in [2.05, 4.69) is 20.6 Å². The maximum atomic E-state index is 13.8. The van der Waals surface area contributed by atoms with E-state index in [-0.39, 0.29) is 29.9 Å². The zero-order valence-electron chi connectivity index (χ0n) is 15.5. The Labute approximate surface area is 157 Å². The Morgan fingerprint density at radius 2 is 1.70 bits per heavy atom. The van der Waals surface area contributed by atoms with E-state index in [1.807, 2.05) is 32.0 Å². The maximum Gasteiger partial charge on any atom is 0.274 e. The average molecular weight is 364 g/mol. The predicted octanol–water partition coefficient (Wildman–Crippen LogP) is 4.41. The highest BCUT2D eigenvalue weighted by molar-refractivity contribution is 6.03. The Morgan fingerprint density at radius 3 is 2.41 bits per heavy atom. The van der Waals surface area contributed by atoms with Crippen LogP contribution in [-0.2, 0) is 6.54 Å². The molecule has 1 amide bonds. The summed E-state index contributed by atoms with van der Waals surface area (Å²) < 4.78 is 13.8. The summed E-state index contributed by atoms with van der Waals surface area (Å²) >= 11 is 0. The van der Waals surface area contributed by atoms with Crippen molar-refractivity contribution in [3.63, 3.8) is 0 Å². The van der Waals surface area contributed by atoms with E-state index in [0.717, 1.165) is 16.8 Å². The van der Waals surface area contributed by atoms with Crippen molar-refractivity contribution in [3.05, 3.63) is 82.4 Å². The summed E-state index contributed by atoms with van der Waals surface area (Å²) in [6.45, 7) is 5.89. The van der Waals surface area contributed by atoms with Crippen molar-refractivity contribution in [2.24, 2.45) is 0 Å². The fourth-order valence-corrected chi connectivity index (χ4v) is 2.77. The second-order valence-corrected chi connectivity index (χ2v) is 6.38. The molecule has 2 aromatic carbocycles. The molecular weight excluding hydrogens is 343 g/mol. The van der Waals surface area contributed by atoms with Crippen LogP contribution in [0.5, 0.6) is 0 Å². The van der Waals surface area contributed by atoms with Crippen LogP contribution in [0.25, 0.3) is 0 Å². The predicted molar refractivity (Wildman–Crippen MR) is 104 cm³/mol. The van der Waals surface area contributed by atoms with Crippen LogP contribution in [0.15, 0.2) is 48.5 Å². The van der Waals surface area contributed by atoms with Gasteiger partial charge in [-0.15, -0.1) is 0 Å². The Kier molecular flexibility index (Phi) is 5.45. The van der Waals surface area contributed by atoms with Crippen LogP contribution in [0.2, 0.25) is 0 Å². The Balaban J connectivity index is 1.78. The molecule has 0 aliphatic carbocycles. The van der Waals surface area contributed by atoms with Gasteiger partial charge in [0.15, 0.2) is 0 Å². The average Bonchev–Trinajstić information content (AvgIpc) is 2.63. The molecule has 0 fully saturated rings. The van der Waals surface area contributed by atoms with E-state index in [9.17, 15) is 9.18 Å². The van der Waals surface area contributed by atoms with Gasteiger partial charge in [-0.1, -0.05) is 36.4 Å². The maximum absolute atomic E-state index is 13.8. The first-order valence-electron chi connectivity index (χ1n) is 8.64. The molecule has 0 atom stereocenters. The lowest BCUT2D eigenvalue weighted by molar-refractivity contribution is 0.102. The molecule has 0 aliphatic rings. The third-order valence-corrected chi connectivity index (χ3v) is 4.20. The Morgan fingerprint density at radius 1 is 1.00 bits per heavy atom. The zero-order valence-corrected chi connectivity index (χ0v) is 15.5. The molecule has 1 aromatic heterocycles. The van der Waals surface area contributed by atoms with Gasteiger partial charge in [-0.3, -0.25) is 4.79 Å². The molecule has 0 radical (unpaired) electrons. The fourth-order valence-electron chi connectivity index (χ4n) is 2.77. The van der Waals surface area contributed by atoms with Gasteiger partial charge in [-0.05, 0) is 44.0 Å². The number of para-hydroxylation sites is 1. The molecular formula is C21H21FN4O. The molecule has 0 bridgehead atoms. The SMILES string of the molecule is Cc1cc(C(=O)Nc2c(C)cccc2C)nc(NCc2ccccc2F)n1. The summed E-state index contributed by atoms with van der Waals surface area (Å²) in [5.74, 6) is -0.331. The number of amides is 1. The van der Waals surface area contributed by atoms with Crippen LogP contribution in [0, 0.1) is 26.6 Å². The monoisotopic (exact) mass is 364 g/mol. The third-order valence-electron chi connectivity index (χ3n) is 4.20. The minimum absolute atomic E-state index is 0.230. The minimum atomic E-state index is -0.313. The number of anilines is 2. The summed E-state index contributed by atoms with van der Waals surface area (Å²) in [6.07, 6.45) is 0. The smallest absolute Gasteiger partial charge is 0.274 e. The molecule has 27 heavy (non-hydrogen) atoms. The van der Waals surface area contributed by atoms with E-state index >= 15 is 0 Å². The summed E-state index contributed by atoms with van der Waals surface area (Å²) in [6, 6.07) is 13.9. The third kappa shape index (κ3) is 4.47. The van der Waals surface area contributed by atoms with Gasteiger partial charge < -0.3 is 10.6 Å². The van der Waals surface area contributed by atoms with Gasteiger partial charge in [0, 0.05) is 23.5 Å². The number of aryl methyl sites for hydroxylation is 3. The van der Waals surface area contributed by atoms with Crippen molar-refractivity contribution < 1.29 is 9.18 Å². The molecule has 0 unspecified atom stereocenters. The molecule has 6 heteroatoms. The van der Waals surface area contributed by atoms with E-state index in [4.69, 9.17) is 0 Å². The molecule has 3 rings (SSSR count). The lowest BCUT2D eigenvalue weighted by Gasteiger charge is -2.12. The van der Waals surface area contributed by atoms with Crippen LogP contribution in [0.1, 0.15) is 32.9 Å². The number of hydrogen-bond donors (Lipinski definition) is 2. The van der Waals surface area contributed by atoms with Crippen LogP contribution < -0.4 is 10.6 Å². The summed E-state index contributed by atoms with van der Waals surface area (Å²) in [5.41, 5.74) is 4.14. The van der Waals surface area contributed by atoms with E-state index in [0.29, 0.717) is 11.3 Å². The topological polar surface area (TPSA) is 66.9 Å². The summed E-state index contributed by atoms with van der Waals surface area (Å²) in [7, 11) is 0. The van der Waals surface area contributed by atoms with Crippen molar-refractivity contribution in [2.45, 2.75) is 27.3 Å². The number of carbonyl (C=O) groups excluding carboxylic acids is 1. The number of rotatable bonds is 5. The highest BCUT2D eigenvalue weighted by atomic mass is 19.1. The van der Waals surface area contributed by atoms with Gasteiger partial charge >= 0.3 is 0 Å². The lowest BCUT2D eigenvalue weighted by atomic mass is 10.1. The normalized spacial score (nSPS) is 10.5. The van der Waals surface area contributed by atoms with E-state index < -0.39 is 0 Å². The number of hydrogen-bond acceptors (Lipinski definition) is 4. The van der Waals surface area contributed by atoms with Crippen molar-refractivity contribution in [1.82, 2.24) is 9.97 Å². The number of carbonyl (C=O) groups is 1. The molecule has 1 heterocycles. The molecule has 0 aliphatic heterocycles. The van der Waals surface area contributed by atoms with Crippen LogP contribution in [-0.4, -0.2) is 15.9 Å². The number of nitrogens with one attached hydrogen (secondary N) is 2. The fraction of sp³-hybridized carbons (Fsp3) is 0.190. The largest absolute Gasteiger partial charge is 0.350 e. The highest BCUT2D eigenvalue weighted by Crippen LogP contribution is 2.20. The Bertz CT molecular complexity index is 967. The molecule has 0 spiro atoms. The highest BCUT2D eigenvalue weighted by Gasteiger charge is 2.13. The van der Waals surface area contributed by atoms with Crippen LogP contribution in [0.4, 0.5) is 16.0 Å². The number of halogens is 1. The van der Waals surface area contributed by atoms with Crippen LogP contribution >= 0.6 is 0 Å². The summed E-state index contributed by atoms with van der Waals surface area (Å²) in [5, 5.41) is 5.90. The molecule has 0 saturated heterocycles. The quantitative estimate of drug-likeness (QED) is 0.704. The van der Waals surface area contributed by atoms with Gasteiger partial charge in [0.05, 0.1) is 0 Å². The number of nitrogens with zero attached hydrogens (tertiary/aromatic N) is 2. The first kappa shape index (κ1) is 18.5. The van der Waals surface area contributed by atoms with Gasteiger partial charge in [0.2, 0.25) is 5.95 Å². The van der Waals surface area contributed by atoms with Crippen molar-refractivity contribution in [3.8, 4) is 0 Å². The molecule has 2 N–H and O–H groups in total. The van der Waals surface area contributed by atoms with Gasteiger partial charge in [0.25, 0.3) is 5.91 Å². The van der Waals surface area contributed by atoms with Gasteiger partial charge in [-0.25, -0.2) is 14.4 Å². The lowest BCUT2D eigenvalue weighted by Crippen LogP contribution is -2.17. The molecule has 3 aromatic rings. The Hall–Kier alpha value is -3.28. The van der Waals surface area contributed by atoms with E-state index in [1.165, 1.54) is 6.07 Å². The van der Waals surface area contributed by atoms with Crippen molar-refractivity contribution in [1.29, 1.82) is 0 Å². The minimum Gasteiger partial charge on any atom is -0.350 e. The number of benzene rings is 2. The second kappa shape index (κ2) is 7.95. The second-order valence-electron chi connectivity index (χ2n) is 6.38. The molecule has 5 nitrogen and oxygen atoms in total. The standard InChI is InChI=1S/C21H21FN4O/c1-13-7-6-8-14(2)19(13)26-20(27)18-11-15(3)24-21(25-18)23-12-16-9-4-5-10-17(16)22/h4-11H,12H2,1-3H3,(H,26,27)(H,23,24,25). The first-order valence-corrected chi connectivity index (χ1v) is 8.64. The van der Waals surface area contributed by atoms with Crippen molar-refractivity contribution >= 4 is 17.5 Å². The van der Waals surface area contributed by atoms with E-state index in [1.54, 1.807) is 31.2 Å². The van der Waals surface area contributed by atoms with Gasteiger partial charge in [0.1, 0.15) is 11.5 Å². The molecule has 138 valence electrons. The van der Waals surface area contributed by atoms with Crippen molar-refractivity contribution in [2.75, 3.05) is 10.6 Å². The van der Waals surface area contributed by atoms with Gasteiger partial charge in [-0.2, -0.15) is 0 Å². The molecule has 0 saturated carbocycles.